The number of anilines is 1. The van der Waals surface area contributed by atoms with Gasteiger partial charge in [-0.25, -0.2) is 14.2 Å². The predicted molar refractivity (Wildman–Crippen MR) is 130 cm³/mol. The van der Waals surface area contributed by atoms with E-state index in [1.54, 1.807) is 51.7 Å². The molecule has 10 nitrogen and oxygen atoms in total. The lowest BCUT2D eigenvalue weighted by atomic mass is 10.2. The van der Waals surface area contributed by atoms with Crippen LogP contribution in [0.3, 0.4) is 0 Å². The number of imidazole rings is 1. The number of carbonyl (C=O) groups is 2. The van der Waals surface area contributed by atoms with Gasteiger partial charge < -0.3 is 18.6 Å². The Morgan fingerprint density at radius 3 is 2.53 bits per heavy atom. The topological polar surface area (TPSA) is 100 Å². The lowest BCUT2D eigenvalue weighted by Crippen LogP contribution is -2.54. The van der Waals surface area contributed by atoms with Crippen molar-refractivity contribution in [2.75, 3.05) is 31.1 Å². The fraction of sp³-hybridized carbons (Fsp3) is 0.320. The van der Waals surface area contributed by atoms with Gasteiger partial charge in [-0.05, 0) is 30.3 Å². The third-order valence-electron chi connectivity index (χ3n) is 6.26. The van der Waals surface area contributed by atoms with Crippen molar-refractivity contribution in [3.05, 3.63) is 66.2 Å². The van der Waals surface area contributed by atoms with Crippen LogP contribution in [0.5, 0.6) is 0 Å². The van der Waals surface area contributed by atoms with Gasteiger partial charge in [0.15, 0.2) is 0 Å². The van der Waals surface area contributed by atoms with E-state index in [9.17, 15) is 22.8 Å². The summed E-state index contributed by atoms with van der Waals surface area (Å²) >= 11 is 0. The van der Waals surface area contributed by atoms with Crippen LogP contribution in [0.25, 0.3) is 17.1 Å². The number of carbonyl (C=O) groups excluding carboxylic acids is 2. The molecule has 1 fully saturated rings. The number of rotatable bonds is 6. The molecule has 5 rings (SSSR count). The van der Waals surface area contributed by atoms with E-state index in [4.69, 9.17) is 4.42 Å². The lowest BCUT2D eigenvalue weighted by Gasteiger charge is -2.37. The van der Waals surface area contributed by atoms with Crippen LogP contribution < -0.4 is 4.90 Å². The number of hydrogen-bond donors (Lipinski definition) is 0. The maximum Gasteiger partial charge on any atom is 0.324 e. The third kappa shape index (κ3) is 5.17. The average Bonchev–Trinajstić information content (AvgIpc) is 3.58. The molecule has 0 radical (unpaired) electrons. The molecule has 4 aromatic rings. The van der Waals surface area contributed by atoms with E-state index < -0.39 is 18.1 Å². The van der Waals surface area contributed by atoms with E-state index in [0.717, 1.165) is 0 Å². The SMILES string of the molecule is CCC(=O)N1CCN(C(=O)N(Cc2cn3ccc(-c4nnc(C(F)F)o4)cc3n2)c2cccc(F)c2)CC1. The summed E-state index contributed by atoms with van der Waals surface area (Å²) in [5.41, 5.74) is 1.75. The van der Waals surface area contributed by atoms with Gasteiger partial charge in [-0.2, -0.15) is 8.78 Å². The molecule has 0 spiro atoms. The van der Waals surface area contributed by atoms with Crippen LogP contribution in [0.1, 0.15) is 31.4 Å². The van der Waals surface area contributed by atoms with Gasteiger partial charge in [-0.3, -0.25) is 9.69 Å². The first kappa shape index (κ1) is 25.2. The van der Waals surface area contributed by atoms with Gasteiger partial charge in [-0.1, -0.05) is 13.0 Å². The Balaban J connectivity index is 1.39. The second-order valence-electron chi connectivity index (χ2n) is 8.73. The molecule has 3 aromatic heterocycles. The van der Waals surface area contributed by atoms with Crippen molar-refractivity contribution in [1.29, 1.82) is 0 Å². The number of halogens is 3. The highest BCUT2D eigenvalue weighted by molar-refractivity contribution is 5.92. The zero-order chi connectivity index (χ0) is 26.8. The lowest BCUT2D eigenvalue weighted by molar-refractivity contribution is -0.132. The number of benzene rings is 1. The van der Waals surface area contributed by atoms with E-state index in [0.29, 0.717) is 55.2 Å². The minimum Gasteiger partial charge on any atom is -0.415 e. The number of urea groups is 1. The molecule has 1 saturated heterocycles. The maximum atomic E-state index is 14.1. The number of amides is 3. The molecular formula is C25H24F3N7O3. The summed E-state index contributed by atoms with van der Waals surface area (Å²) in [6.07, 6.45) is 0.902. The highest BCUT2D eigenvalue weighted by Crippen LogP contribution is 2.25. The Bertz CT molecular complexity index is 1460. The fourth-order valence-corrected chi connectivity index (χ4v) is 4.30. The Morgan fingerprint density at radius 2 is 1.84 bits per heavy atom. The number of aromatic nitrogens is 4. The van der Waals surface area contributed by atoms with Crippen LogP contribution in [0.4, 0.5) is 23.7 Å². The number of pyridine rings is 1. The van der Waals surface area contributed by atoms with Crippen LogP contribution in [0, 0.1) is 5.82 Å². The molecule has 3 amide bonds. The average molecular weight is 528 g/mol. The second kappa shape index (κ2) is 10.5. The first-order valence-electron chi connectivity index (χ1n) is 12.0. The Kier molecular flexibility index (Phi) is 6.99. The van der Waals surface area contributed by atoms with Gasteiger partial charge in [-0.15, -0.1) is 10.2 Å². The number of hydrogen-bond acceptors (Lipinski definition) is 6. The molecule has 1 aromatic carbocycles. The van der Waals surface area contributed by atoms with Crippen LogP contribution in [-0.2, 0) is 11.3 Å². The molecular weight excluding hydrogens is 503 g/mol. The van der Waals surface area contributed by atoms with Crippen molar-refractivity contribution in [3.63, 3.8) is 0 Å². The van der Waals surface area contributed by atoms with Crippen LogP contribution in [-0.4, -0.2) is 67.5 Å². The van der Waals surface area contributed by atoms with Gasteiger partial charge in [0.25, 0.3) is 5.89 Å². The minimum absolute atomic E-state index is 0.0362. The van der Waals surface area contributed by atoms with Crippen molar-refractivity contribution in [3.8, 4) is 11.5 Å². The molecule has 1 aliphatic heterocycles. The Morgan fingerprint density at radius 1 is 1.08 bits per heavy atom. The van der Waals surface area contributed by atoms with E-state index >= 15 is 0 Å². The highest BCUT2D eigenvalue weighted by atomic mass is 19.3. The summed E-state index contributed by atoms with van der Waals surface area (Å²) in [5.74, 6) is -1.28. The zero-order valence-electron chi connectivity index (χ0n) is 20.4. The van der Waals surface area contributed by atoms with Gasteiger partial charge in [0.05, 0.1) is 12.2 Å². The smallest absolute Gasteiger partial charge is 0.324 e. The molecule has 0 N–H and O–H groups in total. The summed E-state index contributed by atoms with van der Waals surface area (Å²) < 4.78 is 46.5. The summed E-state index contributed by atoms with van der Waals surface area (Å²) in [4.78, 5) is 35.0. The minimum atomic E-state index is -2.88. The molecule has 1 aliphatic rings. The first-order chi connectivity index (χ1) is 18.3. The molecule has 4 heterocycles. The fourth-order valence-electron chi connectivity index (χ4n) is 4.30. The Labute approximate surface area is 215 Å². The van der Waals surface area contributed by atoms with E-state index in [-0.39, 0.29) is 24.4 Å². The zero-order valence-corrected chi connectivity index (χ0v) is 20.4. The van der Waals surface area contributed by atoms with Crippen LogP contribution in [0.15, 0.2) is 53.2 Å². The molecule has 0 unspecified atom stereocenters. The van der Waals surface area contributed by atoms with Crippen molar-refractivity contribution in [2.24, 2.45) is 0 Å². The first-order valence-corrected chi connectivity index (χ1v) is 12.0. The molecule has 0 aliphatic carbocycles. The quantitative estimate of drug-likeness (QED) is 0.374. The van der Waals surface area contributed by atoms with Crippen molar-refractivity contribution in [1.82, 2.24) is 29.4 Å². The second-order valence-corrected chi connectivity index (χ2v) is 8.73. The number of nitrogens with zero attached hydrogens (tertiary/aromatic N) is 7. The summed E-state index contributed by atoms with van der Waals surface area (Å²) in [6.45, 7) is 3.41. The largest absolute Gasteiger partial charge is 0.415 e. The van der Waals surface area contributed by atoms with Crippen molar-refractivity contribution >= 4 is 23.3 Å². The molecule has 0 atom stereocenters. The number of alkyl halides is 2. The maximum absolute atomic E-state index is 14.1. The molecule has 0 saturated carbocycles. The van der Waals surface area contributed by atoms with Gasteiger partial charge in [0.2, 0.25) is 11.8 Å². The van der Waals surface area contributed by atoms with Crippen LogP contribution >= 0.6 is 0 Å². The molecule has 13 heteroatoms. The molecule has 198 valence electrons. The van der Waals surface area contributed by atoms with Gasteiger partial charge >= 0.3 is 12.5 Å². The van der Waals surface area contributed by atoms with Gasteiger partial charge in [0, 0.05) is 56.2 Å². The van der Waals surface area contributed by atoms with Crippen LogP contribution in [0.2, 0.25) is 0 Å². The van der Waals surface area contributed by atoms with Crippen molar-refractivity contribution in [2.45, 2.75) is 26.3 Å². The number of fused-ring (bicyclic) bond motifs is 1. The van der Waals surface area contributed by atoms with Gasteiger partial charge in [0.1, 0.15) is 11.5 Å². The molecule has 38 heavy (non-hydrogen) atoms. The van der Waals surface area contributed by atoms with E-state index in [2.05, 4.69) is 15.2 Å². The summed E-state index contributed by atoms with van der Waals surface area (Å²) in [7, 11) is 0. The van der Waals surface area contributed by atoms with Crippen molar-refractivity contribution < 1.29 is 27.2 Å². The monoisotopic (exact) mass is 527 g/mol. The van der Waals surface area contributed by atoms with E-state index in [1.807, 2.05) is 0 Å². The number of piperazine rings is 1. The predicted octanol–water partition coefficient (Wildman–Crippen LogP) is 4.14. The third-order valence-corrected chi connectivity index (χ3v) is 6.26. The molecule has 0 bridgehead atoms. The summed E-state index contributed by atoms with van der Waals surface area (Å²) in [5, 5.41) is 7.01. The van der Waals surface area contributed by atoms with E-state index in [1.165, 1.54) is 23.1 Å². The normalized spacial score (nSPS) is 13.9. The summed E-state index contributed by atoms with van der Waals surface area (Å²) in [6, 6.07) is 8.63. The Hall–Kier alpha value is -4.42. The highest BCUT2D eigenvalue weighted by Gasteiger charge is 2.28. The standard InChI is InChI=1S/C25H24F3N7O3/c1-2-21(36)32-8-10-33(11-9-32)25(37)35(19-5-3-4-17(26)13-19)15-18-14-34-7-6-16(12-20(34)29-18)23-30-31-24(38-23)22(27)28/h3-7,12-14,22H,2,8-11,15H2,1H3.